The van der Waals surface area contributed by atoms with Crippen LogP contribution in [0, 0.1) is 0 Å². The fourth-order valence-electron chi connectivity index (χ4n) is 7.04. The van der Waals surface area contributed by atoms with Crippen molar-refractivity contribution >= 4 is 17.8 Å². The molecule has 2 heterocycles. The van der Waals surface area contributed by atoms with Gasteiger partial charge in [0.1, 0.15) is 11.8 Å². The highest BCUT2D eigenvalue weighted by Gasteiger charge is 2.44. The van der Waals surface area contributed by atoms with Crippen LogP contribution in [0.5, 0.6) is 5.75 Å². The van der Waals surface area contributed by atoms with E-state index in [1.54, 1.807) is 19.2 Å². The average Bonchev–Trinajstić information content (AvgIpc) is 3.11. The summed E-state index contributed by atoms with van der Waals surface area (Å²) in [6.07, 6.45) is 5.66. The third-order valence-electron chi connectivity index (χ3n) is 9.88. The Hall–Kier alpha value is -4.21. The first-order valence-electron chi connectivity index (χ1n) is 16.9. The first-order chi connectivity index (χ1) is 22.8. The van der Waals surface area contributed by atoms with E-state index in [4.69, 9.17) is 15.2 Å². The largest absolute Gasteiger partial charge is 0.497 e. The molecule has 2 amide bonds. The van der Waals surface area contributed by atoms with E-state index in [2.05, 4.69) is 34.6 Å². The normalized spacial score (nSPS) is 19.0. The number of likely N-dealkylation sites (tertiary alicyclic amines) is 1. The molecule has 3 N–H and O–H groups in total. The van der Waals surface area contributed by atoms with Crippen molar-refractivity contribution in [2.45, 2.75) is 69.2 Å². The van der Waals surface area contributed by atoms with Crippen LogP contribution >= 0.6 is 0 Å². The number of carbonyl (C=O) groups is 3. The minimum atomic E-state index is -0.689. The van der Waals surface area contributed by atoms with Gasteiger partial charge < -0.3 is 20.1 Å². The lowest BCUT2D eigenvalue weighted by Crippen LogP contribution is -2.60. The van der Waals surface area contributed by atoms with Gasteiger partial charge in [-0.25, -0.2) is 5.01 Å². The molecule has 0 bridgehead atoms. The lowest BCUT2D eigenvalue weighted by molar-refractivity contribution is -0.155. The molecule has 47 heavy (non-hydrogen) atoms. The molecule has 2 atom stereocenters. The number of nitrogens with one attached hydrogen (secondary N) is 1. The van der Waals surface area contributed by atoms with Crippen molar-refractivity contribution in [2.24, 2.45) is 5.73 Å². The number of carbonyl (C=O) groups excluding carboxylic acids is 3. The Morgan fingerprint density at radius 1 is 0.936 bits per heavy atom. The van der Waals surface area contributed by atoms with Crippen molar-refractivity contribution < 1.29 is 23.9 Å². The smallest absolute Gasteiger partial charge is 0.325 e. The van der Waals surface area contributed by atoms with Crippen LogP contribution in [-0.2, 0) is 26.2 Å². The van der Waals surface area contributed by atoms with Crippen molar-refractivity contribution in [2.75, 3.05) is 39.9 Å². The highest BCUT2D eigenvalue weighted by molar-refractivity contribution is 5.92. The van der Waals surface area contributed by atoms with Gasteiger partial charge in [-0.1, -0.05) is 54.6 Å². The minimum absolute atomic E-state index is 0.0462. The Balaban J connectivity index is 1.28. The zero-order valence-electron chi connectivity index (χ0n) is 27.7. The van der Waals surface area contributed by atoms with Crippen LogP contribution < -0.4 is 15.9 Å². The Morgan fingerprint density at radius 3 is 2.28 bits per heavy atom. The minimum Gasteiger partial charge on any atom is -0.497 e. The summed E-state index contributed by atoms with van der Waals surface area (Å²) in [6, 6.07) is 25.4. The van der Waals surface area contributed by atoms with Crippen molar-refractivity contribution in [3.8, 4) is 5.75 Å². The van der Waals surface area contributed by atoms with Gasteiger partial charge in [0.05, 0.1) is 19.1 Å². The van der Waals surface area contributed by atoms with Crippen molar-refractivity contribution in [1.29, 1.82) is 0 Å². The molecule has 250 valence electrons. The van der Waals surface area contributed by atoms with Crippen molar-refractivity contribution in [1.82, 2.24) is 15.3 Å². The molecule has 2 saturated heterocycles. The zero-order valence-corrected chi connectivity index (χ0v) is 27.7. The quantitative estimate of drug-likeness (QED) is 0.253. The summed E-state index contributed by atoms with van der Waals surface area (Å²) in [4.78, 5) is 41.0. The van der Waals surface area contributed by atoms with E-state index >= 15 is 0 Å². The van der Waals surface area contributed by atoms with Gasteiger partial charge in [0.2, 0.25) is 11.8 Å². The summed E-state index contributed by atoms with van der Waals surface area (Å²) in [5.41, 5.74) is 11.9. The molecule has 0 aliphatic carbocycles. The molecule has 2 fully saturated rings. The Morgan fingerprint density at radius 2 is 1.64 bits per heavy atom. The lowest BCUT2D eigenvalue weighted by Gasteiger charge is -2.43. The van der Waals surface area contributed by atoms with Crippen LogP contribution in [0.1, 0.15) is 78.4 Å². The van der Waals surface area contributed by atoms with E-state index in [-0.39, 0.29) is 17.8 Å². The van der Waals surface area contributed by atoms with Gasteiger partial charge in [-0.2, -0.15) is 0 Å². The van der Waals surface area contributed by atoms with Crippen molar-refractivity contribution in [3.05, 3.63) is 101 Å². The molecule has 3 aromatic carbocycles. The van der Waals surface area contributed by atoms with Gasteiger partial charge >= 0.3 is 5.97 Å². The molecule has 5 rings (SSSR count). The van der Waals surface area contributed by atoms with Gasteiger partial charge in [0.25, 0.3) is 0 Å². The zero-order chi connectivity index (χ0) is 33.2. The monoisotopic (exact) mass is 640 g/mol. The van der Waals surface area contributed by atoms with Gasteiger partial charge in [-0.05, 0) is 118 Å². The van der Waals surface area contributed by atoms with Crippen LogP contribution in [0.2, 0.25) is 0 Å². The second-order valence-corrected chi connectivity index (χ2v) is 12.7. The van der Waals surface area contributed by atoms with E-state index in [0.717, 1.165) is 62.2 Å². The molecular formula is C38H48N4O5. The molecule has 3 aromatic rings. The molecule has 9 heteroatoms. The summed E-state index contributed by atoms with van der Waals surface area (Å²) in [5.74, 6) is 0.330. The van der Waals surface area contributed by atoms with Crippen LogP contribution in [-0.4, -0.2) is 73.6 Å². The Bertz CT molecular complexity index is 1470. The van der Waals surface area contributed by atoms with Crippen LogP contribution in [0.3, 0.4) is 0 Å². The predicted molar refractivity (Wildman–Crippen MR) is 182 cm³/mol. The standard InChI is InChI=1S/C38H48N4O5/c1-3-47-36(44)34-11-7-8-23-42(34)40-37(45)38(32-9-5-4-6-10-32)21-25-41(26-22-38)24-20-31(29-16-18-33(46-2)19-17-29)27-28-12-14-30(15-13-28)35(39)43/h4-6,9-10,12-19,31,34H,3,7-8,11,20-27H2,1-2H3,(H2,39,43)(H,40,45). The maximum absolute atomic E-state index is 14.2. The number of amides is 2. The molecule has 2 aliphatic heterocycles. The Kier molecular flexibility index (Phi) is 11.7. The topological polar surface area (TPSA) is 114 Å². The molecule has 0 spiro atoms. The second kappa shape index (κ2) is 16.1. The number of nitrogens with zero attached hydrogens (tertiary/aromatic N) is 2. The number of rotatable bonds is 13. The number of ether oxygens (including phenoxy) is 2. The molecule has 2 aliphatic rings. The van der Waals surface area contributed by atoms with Crippen LogP contribution in [0.15, 0.2) is 78.9 Å². The molecule has 2 unspecified atom stereocenters. The lowest BCUT2D eigenvalue weighted by atomic mass is 9.72. The summed E-state index contributed by atoms with van der Waals surface area (Å²) in [5, 5.41) is 1.82. The SMILES string of the molecule is CCOC(=O)C1CCCCN1NC(=O)C1(c2ccccc2)CCN(CCC(Cc2ccc(C(N)=O)cc2)c2ccc(OC)cc2)CC1. The van der Waals surface area contributed by atoms with Gasteiger partial charge in [-0.3, -0.25) is 19.8 Å². The maximum atomic E-state index is 14.2. The van der Waals surface area contributed by atoms with E-state index in [1.807, 2.05) is 54.4 Å². The molecular weight excluding hydrogens is 592 g/mol. The number of hydrazine groups is 1. The highest BCUT2D eigenvalue weighted by atomic mass is 16.5. The first kappa shape index (κ1) is 34.1. The molecule has 9 nitrogen and oxygen atoms in total. The van der Waals surface area contributed by atoms with Crippen molar-refractivity contribution in [3.63, 3.8) is 0 Å². The average molecular weight is 641 g/mol. The van der Waals surface area contributed by atoms with Gasteiger partial charge in [0.15, 0.2) is 0 Å². The fourth-order valence-corrected chi connectivity index (χ4v) is 7.04. The number of primary amides is 1. The number of piperidine rings is 2. The van der Waals surface area contributed by atoms with E-state index in [9.17, 15) is 14.4 Å². The highest BCUT2D eigenvalue weighted by Crippen LogP contribution is 2.37. The number of hydrogen-bond acceptors (Lipinski definition) is 7. The number of methoxy groups -OCH3 is 1. The summed E-state index contributed by atoms with van der Waals surface area (Å²) in [6.45, 7) is 5.22. The fraction of sp³-hybridized carbons (Fsp3) is 0.447. The maximum Gasteiger partial charge on any atom is 0.325 e. The van der Waals surface area contributed by atoms with E-state index in [1.165, 1.54) is 5.56 Å². The Labute approximate surface area is 278 Å². The number of nitrogens with two attached hydrogens (primary N) is 1. The van der Waals surface area contributed by atoms with E-state index in [0.29, 0.717) is 38.0 Å². The number of esters is 1. The van der Waals surface area contributed by atoms with Gasteiger partial charge in [0, 0.05) is 12.1 Å². The molecule has 0 aromatic heterocycles. The van der Waals surface area contributed by atoms with E-state index < -0.39 is 17.4 Å². The van der Waals surface area contributed by atoms with Gasteiger partial charge in [-0.15, -0.1) is 0 Å². The third kappa shape index (κ3) is 8.39. The summed E-state index contributed by atoms with van der Waals surface area (Å²) in [7, 11) is 1.67. The first-order valence-corrected chi connectivity index (χ1v) is 16.9. The van der Waals surface area contributed by atoms with Crippen LogP contribution in [0.25, 0.3) is 0 Å². The number of hydrogen-bond donors (Lipinski definition) is 2. The second-order valence-electron chi connectivity index (χ2n) is 12.7. The third-order valence-corrected chi connectivity index (χ3v) is 9.88. The molecule has 0 radical (unpaired) electrons. The predicted octanol–water partition coefficient (Wildman–Crippen LogP) is 4.99. The molecule has 0 saturated carbocycles. The number of benzene rings is 3. The van der Waals surface area contributed by atoms with Crippen LogP contribution in [0.4, 0.5) is 0 Å². The summed E-state index contributed by atoms with van der Waals surface area (Å²) < 4.78 is 10.7. The summed E-state index contributed by atoms with van der Waals surface area (Å²) >= 11 is 0.